The summed E-state index contributed by atoms with van der Waals surface area (Å²) < 4.78 is 109. The number of benzene rings is 5. The Morgan fingerprint density at radius 2 is 1.06 bits per heavy atom. The molecule has 0 aromatic heterocycles. The monoisotopic (exact) mass is 486 g/mol. The van der Waals surface area contributed by atoms with E-state index in [1.54, 1.807) is 12.1 Å². The van der Waals surface area contributed by atoms with Crippen LogP contribution >= 0.6 is 0 Å². The molecule has 0 saturated carbocycles. The van der Waals surface area contributed by atoms with Crippen molar-refractivity contribution >= 4 is 21.5 Å². The van der Waals surface area contributed by atoms with Crippen LogP contribution in [0.25, 0.3) is 43.8 Å². The fourth-order valence-corrected chi connectivity index (χ4v) is 4.39. The molecule has 0 radical (unpaired) electrons. The van der Waals surface area contributed by atoms with Gasteiger partial charge in [-0.3, -0.25) is 0 Å². The molecule has 0 amide bonds. The van der Waals surface area contributed by atoms with Crippen LogP contribution in [0.2, 0.25) is 0 Å². The molecular weight excluding hydrogens is 473 g/mol. The third-order valence-electron chi connectivity index (χ3n) is 5.88. The van der Waals surface area contributed by atoms with Crippen molar-refractivity contribution in [2.45, 2.75) is 0 Å². The number of rotatable bonds is 3. The molecule has 0 spiro atoms. The fourth-order valence-electron chi connectivity index (χ4n) is 4.39. The van der Waals surface area contributed by atoms with E-state index in [1.165, 1.54) is 31.4 Å². The smallest absolute Gasteiger partial charge is 0.169 e. The normalized spacial score (nSPS) is 11.4. The van der Waals surface area contributed by atoms with Crippen LogP contribution in [0.5, 0.6) is 5.75 Å². The van der Waals surface area contributed by atoms with Crippen LogP contribution < -0.4 is 4.74 Å². The molecule has 0 atom stereocenters. The molecule has 8 heteroatoms. The van der Waals surface area contributed by atoms with Gasteiger partial charge in [0, 0.05) is 33.4 Å². The summed E-state index contributed by atoms with van der Waals surface area (Å²) in [6.07, 6.45) is 0. The summed E-state index contributed by atoms with van der Waals surface area (Å²) in [5, 5.41) is -1.74. The first-order chi connectivity index (χ1) is 16.7. The maximum Gasteiger partial charge on any atom is 0.169 e. The van der Waals surface area contributed by atoms with Gasteiger partial charge >= 0.3 is 0 Å². The second-order valence-corrected chi connectivity index (χ2v) is 7.76. The van der Waals surface area contributed by atoms with Crippen LogP contribution in [0, 0.1) is 40.7 Å². The van der Waals surface area contributed by atoms with Crippen LogP contribution in [0.1, 0.15) is 0 Å². The van der Waals surface area contributed by atoms with Gasteiger partial charge in [-0.2, -0.15) is 0 Å². The van der Waals surface area contributed by atoms with Crippen LogP contribution in [0.15, 0.2) is 60.7 Å². The van der Waals surface area contributed by atoms with Gasteiger partial charge in [-0.15, -0.1) is 0 Å². The predicted octanol–water partition coefficient (Wildman–Crippen LogP) is 8.31. The number of methoxy groups -OCH3 is 1. The Hall–Kier alpha value is -4.07. The van der Waals surface area contributed by atoms with Crippen molar-refractivity contribution in [3.05, 3.63) is 101 Å². The summed E-state index contributed by atoms with van der Waals surface area (Å²) in [6, 6.07) is 11.2. The quantitative estimate of drug-likeness (QED) is 0.142. The second-order valence-electron chi connectivity index (χ2n) is 7.76. The Labute approximate surface area is 194 Å². The summed E-state index contributed by atoms with van der Waals surface area (Å²) >= 11 is 0. The van der Waals surface area contributed by atoms with Crippen molar-refractivity contribution in [3.63, 3.8) is 0 Å². The third-order valence-corrected chi connectivity index (χ3v) is 5.88. The largest absolute Gasteiger partial charge is 0.497 e. The molecule has 0 unspecified atom stereocenters. The van der Waals surface area contributed by atoms with E-state index in [-0.39, 0.29) is 17.0 Å². The van der Waals surface area contributed by atoms with E-state index in [2.05, 4.69) is 0 Å². The van der Waals surface area contributed by atoms with Gasteiger partial charge in [-0.1, -0.05) is 24.3 Å². The summed E-state index contributed by atoms with van der Waals surface area (Å²) in [5.41, 5.74) is -1.84. The van der Waals surface area contributed by atoms with Crippen molar-refractivity contribution < 1.29 is 35.5 Å². The van der Waals surface area contributed by atoms with E-state index in [0.717, 1.165) is 12.1 Å². The molecule has 0 N–H and O–H groups in total. The molecule has 1 nitrogen and oxygen atoms in total. The third kappa shape index (κ3) is 3.39. The molecular formula is C27H13F7O. The number of ether oxygens (including phenoxy) is 1. The Bertz CT molecular complexity index is 1620. The van der Waals surface area contributed by atoms with Gasteiger partial charge in [0.25, 0.3) is 0 Å². The number of hydrogen-bond donors (Lipinski definition) is 0. The Balaban J connectivity index is 2.11. The molecule has 0 saturated heterocycles. The first kappa shape index (κ1) is 22.7. The highest BCUT2D eigenvalue weighted by molar-refractivity contribution is 6.22. The van der Waals surface area contributed by atoms with E-state index in [0.29, 0.717) is 17.4 Å². The summed E-state index contributed by atoms with van der Waals surface area (Å²) in [6.45, 7) is 0. The second kappa shape index (κ2) is 8.30. The van der Waals surface area contributed by atoms with Crippen molar-refractivity contribution in [3.8, 4) is 28.0 Å². The summed E-state index contributed by atoms with van der Waals surface area (Å²) in [4.78, 5) is 0. The van der Waals surface area contributed by atoms with E-state index < -0.39 is 68.0 Å². The number of halogens is 7. The standard InChI is InChI=1S/C27H13F7O/c1-35-13-7-5-12(6-8-13)20-14-3-2-4-15(28)21(14)24(23-17(30)10-9-16(29)22(20)23)25-26(33)18(31)11-19(32)27(25)34/h2-11H,1H3. The SMILES string of the molecule is COc1ccc(-c2c3cccc(F)c3c(-c3c(F)c(F)cc(F)c3F)c3c(F)ccc(F)c23)cc1. The molecule has 0 fully saturated rings. The Kier molecular flexibility index (Phi) is 5.39. The summed E-state index contributed by atoms with van der Waals surface area (Å²) in [5.74, 6) is -10.0. The van der Waals surface area contributed by atoms with Gasteiger partial charge in [0.1, 0.15) is 23.2 Å². The number of hydrogen-bond acceptors (Lipinski definition) is 1. The first-order valence-corrected chi connectivity index (χ1v) is 10.2. The molecule has 35 heavy (non-hydrogen) atoms. The van der Waals surface area contributed by atoms with Crippen LogP contribution in [-0.4, -0.2) is 7.11 Å². The molecule has 0 bridgehead atoms. The van der Waals surface area contributed by atoms with E-state index in [4.69, 9.17) is 4.74 Å². The van der Waals surface area contributed by atoms with E-state index in [1.807, 2.05) is 0 Å². The topological polar surface area (TPSA) is 9.23 Å². The average molecular weight is 486 g/mol. The lowest BCUT2D eigenvalue weighted by Crippen LogP contribution is -2.03. The molecule has 0 heterocycles. The van der Waals surface area contributed by atoms with Crippen LogP contribution in [0.3, 0.4) is 0 Å². The van der Waals surface area contributed by atoms with Crippen LogP contribution in [-0.2, 0) is 0 Å². The Morgan fingerprint density at radius 1 is 0.514 bits per heavy atom. The first-order valence-electron chi connectivity index (χ1n) is 10.2. The fraction of sp³-hybridized carbons (Fsp3) is 0.0370. The van der Waals surface area contributed by atoms with Gasteiger partial charge in [-0.25, -0.2) is 30.7 Å². The van der Waals surface area contributed by atoms with Crippen LogP contribution in [0.4, 0.5) is 30.7 Å². The zero-order valence-corrected chi connectivity index (χ0v) is 17.8. The molecule has 0 aliphatic carbocycles. The lowest BCUT2D eigenvalue weighted by Gasteiger charge is -2.20. The van der Waals surface area contributed by atoms with Crippen molar-refractivity contribution in [1.29, 1.82) is 0 Å². The Morgan fingerprint density at radius 3 is 1.63 bits per heavy atom. The van der Waals surface area contributed by atoms with Crippen molar-refractivity contribution in [2.75, 3.05) is 7.11 Å². The van der Waals surface area contributed by atoms with Gasteiger partial charge < -0.3 is 4.74 Å². The molecule has 5 rings (SSSR count). The van der Waals surface area contributed by atoms with E-state index >= 15 is 13.2 Å². The summed E-state index contributed by atoms with van der Waals surface area (Å²) in [7, 11) is 1.43. The van der Waals surface area contributed by atoms with E-state index in [9.17, 15) is 17.6 Å². The lowest BCUT2D eigenvalue weighted by atomic mass is 9.85. The van der Waals surface area contributed by atoms with Crippen molar-refractivity contribution in [2.24, 2.45) is 0 Å². The number of fused-ring (bicyclic) bond motifs is 2. The molecule has 176 valence electrons. The van der Waals surface area contributed by atoms with Gasteiger partial charge in [-0.05, 0) is 41.3 Å². The average Bonchev–Trinajstić information content (AvgIpc) is 2.85. The molecule has 0 aliphatic rings. The minimum atomic E-state index is -1.87. The highest BCUT2D eigenvalue weighted by Gasteiger charge is 2.29. The van der Waals surface area contributed by atoms with Crippen molar-refractivity contribution in [1.82, 2.24) is 0 Å². The minimum Gasteiger partial charge on any atom is -0.497 e. The zero-order chi connectivity index (χ0) is 25.0. The maximum absolute atomic E-state index is 15.3. The minimum absolute atomic E-state index is 0.0163. The van der Waals surface area contributed by atoms with Gasteiger partial charge in [0.05, 0.1) is 12.7 Å². The zero-order valence-electron chi connectivity index (χ0n) is 17.8. The van der Waals surface area contributed by atoms with Gasteiger partial charge in [0.2, 0.25) is 0 Å². The highest BCUT2D eigenvalue weighted by Crippen LogP contribution is 2.47. The van der Waals surface area contributed by atoms with Gasteiger partial charge in [0.15, 0.2) is 23.3 Å². The molecule has 0 aliphatic heterocycles. The molecule has 5 aromatic rings. The lowest BCUT2D eigenvalue weighted by molar-refractivity contribution is 0.415. The molecule has 5 aromatic carbocycles. The predicted molar refractivity (Wildman–Crippen MR) is 119 cm³/mol. The maximum atomic E-state index is 15.3. The highest BCUT2D eigenvalue weighted by atomic mass is 19.2.